The zero-order valence-electron chi connectivity index (χ0n) is 9.49. The van der Waals surface area contributed by atoms with Crippen molar-refractivity contribution in [2.75, 3.05) is 5.88 Å². The minimum Gasteiger partial charge on any atom is -0.306 e. The van der Waals surface area contributed by atoms with Gasteiger partial charge in [-0.3, -0.25) is 0 Å². The third kappa shape index (κ3) is 3.72. The molecule has 0 bridgehead atoms. The molecule has 0 radical (unpaired) electrons. The van der Waals surface area contributed by atoms with Gasteiger partial charge in [-0.15, -0.1) is 11.6 Å². The second-order valence-corrected chi connectivity index (χ2v) is 5.32. The summed E-state index contributed by atoms with van der Waals surface area (Å²) in [7, 11) is 0. The Morgan fingerprint density at radius 2 is 2.19 bits per heavy atom. The second kappa shape index (κ2) is 5.99. The Bertz CT molecular complexity index is 353. The summed E-state index contributed by atoms with van der Waals surface area (Å²) in [5, 5.41) is 3.28. The van der Waals surface area contributed by atoms with Crippen LogP contribution in [0.2, 0.25) is 0 Å². The van der Waals surface area contributed by atoms with Gasteiger partial charge in [0.1, 0.15) is 5.82 Å². The largest absolute Gasteiger partial charge is 0.306 e. The van der Waals surface area contributed by atoms with E-state index in [1.807, 2.05) is 13.0 Å². The SMILES string of the molecule is CCC(C)(CCl)NCc1ccc(Br)cc1F. The fourth-order valence-electron chi connectivity index (χ4n) is 1.24. The molecule has 0 amide bonds. The molecule has 0 aromatic heterocycles. The van der Waals surface area contributed by atoms with Crippen LogP contribution < -0.4 is 5.32 Å². The summed E-state index contributed by atoms with van der Waals surface area (Å²) in [4.78, 5) is 0. The van der Waals surface area contributed by atoms with Gasteiger partial charge in [0.15, 0.2) is 0 Å². The first-order valence-electron chi connectivity index (χ1n) is 5.25. The molecule has 0 aliphatic heterocycles. The highest BCUT2D eigenvalue weighted by atomic mass is 79.9. The predicted octanol–water partition coefficient (Wildman–Crippen LogP) is 4.09. The fraction of sp³-hybridized carbons (Fsp3) is 0.500. The van der Waals surface area contributed by atoms with E-state index in [-0.39, 0.29) is 11.4 Å². The number of halogens is 3. The number of nitrogens with one attached hydrogen (secondary N) is 1. The number of hydrogen-bond donors (Lipinski definition) is 1. The molecule has 0 saturated carbocycles. The van der Waals surface area contributed by atoms with Crippen molar-refractivity contribution in [3.05, 3.63) is 34.1 Å². The average Bonchev–Trinajstić information content (AvgIpc) is 2.27. The first kappa shape index (κ1) is 13.9. The van der Waals surface area contributed by atoms with Gasteiger partial charge < -0.3 is 5.32 Å². The molecule has 1 unspecified atom stereocenters. The van der Waals surface area contributed by atoms with Gasteiger partial charge in [-0.25, -0.2) is 4.39 Å². The van der Waals surface area contributed by atoms with Gasteiger partial charge in [-0.05, 0) is 25.5 Å². The van der Waals surface area contributed by atoms with Gasteiger partial charge in [0.05, 0.1) is 0 Å². The Morgan fingerprint density at radius 3 is 2.69 bits per heavy atom. The average molecular weight is 309 g/mol. The standard InChI is InChI=1S/C12H16BrClFN/c1-3-12(2,8-14)16-7-9-4-5-10(13)6-11(9)15/h4-6,16H,3,7-8H2,1-2H3. The smallest absolute Gasteiger partial charge is 0.128 e. The topological polar surface area (TPSA) is 12.0 Å². The molecule has 16 heavy (non-hydrogen) atoms. The van der Waals surface area contributed by atoms with E-state index < -0.39 is 0 Å². The Kier molecular flexibility index (Phi) is 5.22. The van der Waals surface area contributed by atoms with Crippen molar-refractivity contribution in [3.63, 3.8) is 0 Å². The van der Waals surface area contributed by atoms with E-state index in [4.69, 9.17) is 11.6 Å². The fourth-order valence-corrected chi connectivity index (χ4v) is 1.86. The highest BCUT2D eigenvalue weighted by Crippen LogP contribution is 2.17. The van der Waals surface area contributed by atoms with Crippen molar-refractivity contribution in [1.82, 2.24) is 5.32 Å². The van der Waals surface area contributed by atoms with E-state index >= 15 is 0 Å². The molecule has 1 rings (SSSR count). The van der Waals surface area contributed by atoms with E-state index in [1.165, 1.54) is 6.07 Å². The van der Waals surface area contributed by atoms with Gasteiger partial charge >= 0.3 is 0 Å². The van der Waals surface area contributed by atoms with Crippen LogP contribution in [-0.4, -0.2) is 11.4 Å². The summed E-state index contributed by atoms with van der Waals surface area (Å²) in [5.74, 6) is 0.316. The Balaban J connectivity index is 2.67. The summed E-state index contributed by atoms with van der Waals surface area (Å²) in [5.41, 5.74) is 0.522. The summed E-state index contributed by atoms with van der Waals surface area (Å²) in [6.45, 7) is 4.60. The Labute approximate surface area is 110 Å². The van der Waals surface area contributed by atoms with E-state index in [2.05, 4.69) is 28.2 Å². The molecule has 0 heterocycles. The van der Waals surface area contributed by atoms with Crippen molar-refractivity contribution < 1.29 is 4.39 Å². The van der Waals surface area contributed by atoms with Crippen LogP contribution >= 0.6 is 27.5 Å². The van der Waals surface area contributed by atoms with Crippen LogP contribution in [-0.2, 0) is 6.54 Å². The molecular formula is C12H16BrClFN. The highest BCUT2D eigenvalue weighted by Gasteiger charge is 2.20. The molecule has 0 saturated heterocycles. The first-order valence-corrected chi connectivity index (χ1v) is 6.58. The zero-order valence-corrected chi connectivity index (χ0v) is 11.8. The van der Waals surface area contributed by atoms with Crippen molar-refractivity contribution in [1.29, 1.82) is 0 Å². The van der Waals surface area contributed by atoms with E-state index in [0.717, 1.165) is 10.9 Å². The molecule has 0 aliphatic carbocycles. The van der Waals surface area contributed by atoms with Crippen molar-refractivity contribution in [3.8, 4) is 0 Å². The first-order chi connectivity index (χ1) is 7.50. The highest BCUT2D eigenvalue weighted by molar-refractivity contribution is 9.10. The lowest BCUT2D eigenvalue weighted by molar-refractivity contribution is 0.376. The number of alkyl halides is 1. The van der Waals surface area contributed by atoms with Gasteiger partial charge in [0, 0.05) is 28.0 Å². The lowest BCUT2D eigenvalue weighted by atomic mass is 10.0. The van der Waals surface area contributed by atoms with Gasteiger partial charge in [-0.1, -0.05) is 28.9 Å². The lowest BCUT2D eigenvalue weighted by Crippen LogP contribution is -2.43. The molecule has 0 aliphatic rings. The Morgan fingerprint density at radius 1 is 1.50 bits per heavy atom. The van der Waals surface area contributed by atoms with Gasteiger partial charge in [0.2, 0.25) is 0 Å². The minimum atomic E-state index is -0.199. The van der Waals surface area contributed by atoms with Crippen LogP contribution in [0.25, 0.3) is 0 Å². The molecule has 1 aromatic carbocycles. The van der Waals surface area contributed by atoms with E-state index in [9.17, 15) is 4.39 Å². The van der Waals surface area contributed by atoms with Crippen LogP contribution in [0.15, 0.2) is 22.7 Å². The second-order valence-electron chi connectivity index (χ2n) is 4.14. The zero-order chi connectivity index (χ0) is 12.2. The van der Waals surface area contributed by atoms with Crippen LogP contribution in [0.1, 0.15) is 25.8 Å². The lowest BCUT2D eigenvalue weighted by Gasteiger charge is -2.27. The summed E-state index contributed by atoms with van der Waals surface area (Å²) >= 11 is 9.11. The van der Waals surface area contributed by atoms with Crippen molar-refractivity contribution >= 4 is 27.5 Å². The summed E-state index contributed by atoms with van der Waals surface area (Å²) in [6.07, 6.45) is 0.911. The maximum absolute atomic E-state index is 13.5. The third-order valence-electron chi connectivity index (χ3n) is 2.80. The number of rotatable bonds is 5. The van der Waals surface area contributed by atoms with Gasteiger partial charge in [-0.2, -0.15) is 0 Å². The minimum absolute atomic E-state index is 0.138. The van der Waals surface area contributed by atoms with E-state index in [0.29, 0.717) is 18.0 Å². The number of hydrogen-bond acceptors (Lipinski definition) is 1. The third-order valence-corrected chi connectivity index (χ3v) is 3.88. The quantitative estimate of drug-likeness (QED) is 0.808. The Hall–Kier alpha value is -0.120. The molecule has 1 N–H and O–H groups in total. The molecule has 1 atom stereocenters. The molecular weight excluding hydrogens is 292 g/mol. The summed E-state index contributed by atoms with van der Waals surface area (Å²) < 4.78 is 14.3. The molecule has 0 spiro atoms. The molecule has 4 heteroatoms. The van der Waals surface area contributed by atoms with Crippen LogP contribution in [0.4, 0.5) is 4.39 Å². The monoisotopic (exact) mass is 307 g/mol. The summed E-state index contributed by atoms with van der Waals surface area (Å²) in [6, 6.07) is 5.09. The van der Waals surface area contributed by atoms with Crippen LogP contribution in [0, 0.1) is 5.82 Å². The maximum Gasteiger partial charge on any atom is 0.128 e. The maximum atomic E-state index is 13.5. The van der Waals surface area contributed by atoms with E-state index in [1.54, 1.807) is 6.07 Å². The van der Waals surface area contributed by atoms with Crippen LogP contribution in [0.5, 0.6) is 0 Å². The van der Waals surface area contributed by atoms with Gasteiger partial charge in [0.25, 0.3) is 0 Å². The van der Waals surface area contributed by atoms with Crippen LogP contribution in [0.3, 0.4) is 0 Å². The predicted molar refractivity (Wildman–Crippen MR) is 70.4 cm³/mol. The van der Waals surface area contributed by atoms with Crippen molar-refractivity contribution in [2.45, 2.75) is 32.4 Å². The normalized spacial score (nSPS) is 14.8. The molecule has 1 aromatic rings. The molecule has 0 fully saturated rings. The molecule has 90 valence electrons. The number of benzene rings is 1. The molecule has 1 nitrogen and oxygen atoms in total. The van der Waals surface area contributed by atoms with Crippen molar-refractivity contribution in [2.24, 2.45) is 0 Å².